The van der Waals surface area contributed by atoms with Crippen molar-refractivity contribution in [3.8, 4) is 0 Å². The van der Waals surface area contributed by atoms with Crippen LogP contribution in [0.3, 0.4) is 0 Å². The number of carboxylic acids is 1. The van der Waals surface area contributed by atoms with Gasteiger partial charge in [0.15, 0.2) is 0 Å². The predicted octanol–water partition coefficient (Wildman–Crippen LogP) is 1.43. The number of hydrogen-bond donors (Lipinski definition) is 1. The molecule has 2 heterocycles. The van der Waals surface area contributed by atoms with Crippen molar-refractivity contribution in [3.63, 3.8) is 0 Å². The lowest BCUT2D eigenvalue weighted by atomic mass is 9.93. The molecule has 0 saturated carbocycles. The zero-order chi connectivity index (χ0) is 17.6. The van der Waals surface area contributed by atoms with Crippen LogP contribution in [0.4, 0.5) is 4.79 Å². The van der Waals surface area contributed by atoms with Gasteiger partial charge in [0.2, 0.25) is 0 Å². The van der Waals surface area contributed by atoms with Gasteiger partial charge in [-0.2, -0.15) is 0 Å². The van der Waals surface area contributed by atoms with Crippen molar-refractivity contribution in [1.29, 1.82) is 0 Å². The van der Waals surface area contributed by atoms with E-state index in [-0.39, 0.29) is 19.2 Å². The Hall–Kier alpha value is -2.12. The largest absolute Gasteiger partial charge is 0.481 e. The van der Waals surface area contributed by atoms with Gasteiger partial charge in [0.05, 0.1) is 19.1 Å². The number of nitrogens with zero attached hydrogens (tertiary/aromatic N) is 2. The summed E-state index contributed by atoms with van der Waals surface area (Å²) in [4.78, 5) is 27.7. The van der Waals surface area contributed by atoms with Gasteiger partial charge in [-0.1, -0.05) is 30.3 Å². The molecule has 2 saturated heterocycles. The van der Waals surface area contributed by atoms with E-state index >= 15 is 0 Å². The van der Waals surface area contributed by atoms with Gasteiger partial charge in [-0.3, -0.25) is 9.69 Å². The van der Waals surface area contributed by atoms with Crippen LogP contribution in [-0.4, -0.2) is 72.4 Å². The van der Waals surface area contributed by atoms with Gasteiger partial charge < -0.3 is 19.5 Å². The van der Waals surface area contributed by atoms with Crippen LogP contribution in [0.2, 0.25) is 0 Å². The number of benzene rings is 1. The van der Waals surface area contributed by atoms with E-state index in [1.54, 1.807) is 0 Å². The number of rotatable bonds is 4. The first-order valence-corrected chi connectivity index (χ1v) is 8.63. The maximum Gasteiger partial charge on any atom is 0.410 e. The summed E-state index contributed by atoms with van der Waals surface area (Å²) in [6, 6.07) is 9.49. The zero-order valence-corrected chi connectivity index (χ0v) is 14.2. The highest BCUT2D eigenvalue weighted by atomic mass is 16.6. The third kappa shape index (κ3) is 4.70. The summed E-state index contributed by atoms with van der Waals surface area (Å²) in [6.07, 6.45) is 0.103. The third-order valence-electron chi connectivity index (χ3n) is 4.80. The molecule has 0 radical (unpaired) electrons. The van der Waals surface area contributed by atoms with Crippen LogP contribution in [0.25, 0.3) is 0 Å². The van der Waals surface area contributed by atoms with Crippen LogP contribution in [-0.2, 0) is 20.9 Å². The summed E-state index contributed by atoms with van der Waals surface area (Å²) < 4.78 is 10.7. The Bertz CT molecular complexity index is 588. The standard InChI is InChI=1S/C18H24N2O5/c21-17(22)15-10-16(19-6-8-24-9-7-19)12-20(11-15)18(23)25-13-14-4-2-1-3-5-14/h1-5,15-16H,6-13H2,(H,21,22)/t15-,16+/m1/s1. The molecule has 136 valence electrons. The molecule has 3 rings (SSSR count). The molecule has 0 unspecified atom stereocenters. The minimum absolute atomic E-state index is 0.0306. The second-order valence-electron chi connectivity index (χ2n) is 6.52. The number of piperidine rings is 1. The van der Waals surface area contributed by atoms with E-state index in [2.05, 4.69) is 4.90 Å². The second kappa shape index (κ2) is 8.31. The highest BCUT2D eigenvalue weighted by molar-refractivity contribution is 5.73. The maximum absolute atomic E-state index is 12.4. The Morgan fingerprint density at radius 2 is 1.88 bits per heavy atom. The van der Waals surface area contributed by atoms with Crippen molar-refractivity contribution >= 4 is 12.1 Å². The molecule has 0 aliphatic carbocycles. The van der Waals surface area contributed by atoms with Crippen LogP contribution in [0.15, 0.2) is 30.3 Å². The van der Waals surface area contributed by atoms with Crippen LogP contribution in [0.1, 0.15) is 12.0 Å². The number of carbonyl (C=O) groups is 2. The van der Waals surface area contributed by atoms with E-state index < -0.39 is 18.0 Å². The van der Waals surface area contributed by atoms with E-state index in [1.807, 2.05) is 30.3 Å². The number of aliphatic carboxylic acids is 1. The average Bonchev–Trinajstić information content (AvgIpc) is 2.67. The van der Waals surface area contributed by atoms with Crippen LogP contribution in [0, 0.1) is 5.92 Å². The van der Waals surface area contributed by atoms with Crippen molar-refractivity contribution in [1.82, 2.24) is 9.80 Å². The monoisotopic (exact) mass is 348 g/mol. The second-order valence-corrected chi connectivity index (χ2v) is 6.52. The quantitative estimate of drug-likeness (QED) is 0.887. The minimum atomic E-state index is -0.862. The van der Waals surface area contributed by atoms with Gasteiger partial charge >= 0.3 is 12.1 Å². The maximum atomic E-state index is 12.4. The molecular weight excluding hydrogens is 324 g/mol. The molecule has 0 spiro atoms. The molecular formula is C18H24N2O5. The summed E-state index contributed by atoms with van der Waals surface area (Å²) in [5.41, 5.74) is 0.910. The lowest BCUT2D eigenvalue weighted by Gasteiger charge is -2.42. The summed E-state index contributed by atoms with van der Waals surface area (Å²) in [5.74, 6) is -1.43. The Kier molecular flexibility index (Phi) is 5.88. The summed E-state index contributed by atoms with van der Waals surface area (Å²) in [7, 11) is 0. The molecule has 0 aromatic heterocycles. The van der Waals surface area contributed by atoms with E-state index in [4.69, 9.17) is 9.47 Å². The van der Waals surface area contributed by atoms with E-state index in [9.17, 15) is 14.7 Å². The molecule has 1 aromatic rings. The Morgan fingerprint density at radius 1 is 1.16 bits per heavy atom. The molecule has 2 aliphatic rings. The van der Waals surface area contributed by atoms with Crippen molar-refractivity contribution in [2.24, 2.45) is 5.92 Å². The van der Waals surface area contributed by atoms with E-state index in [0.29, 0.717) is 26.2 Å². The van der Waals surface area contributed by atoms with Gasteiger partial charge in [0.1, 0.15) is 6.61 Å². The predicted molar refractivity (Wildman–Crippen MR) is 90.1 cm³/mol. The Labute approximate surface area is 147 Å². The number of likely N-dealkylation sites (tertiary alicyclic amines) is 1. The summed E-state index contributed by atoms with van der Waals surface area (Å²) in [5, 5.41) is 9.44. The highest BCUT2D eigenvalue weighted by Gasteiger charge is 2.37. The van der Waals surface area contributed by atoms with Crippen molar-refractivity contribution in [3.05, 3.63) is 35.9 Å². The van der Waals surface area contributed by atoms with Crippen molar-refractivity contribution in [2.75, 3.05) is 39.4 Å². The number of ether oxygens (including phenoxy) is 2. The minimum Gasteiger partial charge on any atom is -0.481 e. The molecule has 1 amide bonds. The first-order valence-electron chi connectivity index (χ1n) is 8.63. The van der Waals surface area contributed by atoms with E-state index in [1.165, 1.54) is 4.90 Å². The Balaban J connectivity index is 1.61. The van der Waals surface area contributed by atoms with Gasteiger partial charge in [-0.25, -0.2) is 4.79 Å². The number of amides is 1. The smallest absolute Gasteiger partial charge is 0.410 e. The number of hydrogen-bond acceptors (Lipinski definition) is 5. The molecule has 7 heteroatoms. The van der Waals surface area contributed by atoms with E-state index in [0.717, 1.165) is 18.7 Å². The molecule has 0 bridgehead atoms. The normalized spacial score (nSPS) is 24.7. The SMILES string of the molecule is O=C(O)[C@@H]1C[C@H](N2CCOCC2)CN(C(=O)OCc2ccccc2)C1. The zero-order valence-electron chi connectivity index (χ0n) is 14.2. The first-order chi connectivity index (χ1) is 12.1. The molecule has 2 aliphatic heterocycles. The fourth-order valence-electron chi connectivity index (χ4n) is 3.42. The number of carbonyl (C=O) groups excluding carboxylic acids is 1. The molecule has 25 heavy (non-hydrogen) atoms. The lowest BCUT2D eigenvalue weighted by Crippen LogP contribution is -2.56. The van der Waals surface area contributed by atoms with Crippen LogP contribution in [0.5, 0.6) is 0 Å². The molecule has 2 fully saturated rings. The Morgan fingerprint density at radius 3 is 2.56 bits per heavy atom. The third-order valence-corrected chi connectivity index (χ3v) is 4.80. The molecule has 2 atom stereocenters. The topological polar surface area (TPSA) is 79.3 Å². The van der Waals surface area contributed by atoms with Crippen LogP contribution < -0.4 is 0 Å². The summed E-state index contributed by atoms with van der Waals surface area (Å²) >= 11 is 0. The summed E-state index contributed by atoms with van der Waals surface area (Å²) in [6.45, 7) is 3.71. The van der Waals surface area contributed by atoms with Gasteiger partial charge in [-0.15, -0.1) is 0 Å². The highest BCUT2D eigenvalue weighted by Crippen LogP contribution is 2.23. The molecule has 1 aromatic carbocycles. The first kappa shape index (κ1) is 17.7. The lowest BCUT2D eigenvalue weighted by molar-refractivity contribution is -0.144. The average molecular weight is 348 g/mol. The molecule has 7 nitrogen and oxygen atoms in total. The van der Waals surface area contributed by atoms with Crippen molar-refractivity contribution < 1.29 is 24.2 Å². The fraction of sp³-hybridized carbons (Fsp3) is 0.556. The fourth-order valence-corrected chi connectivity index (χ4v) is 3.42. The number of morpholine rings is 1. The molecule has 1 N–H and O–H groups in total. The van der Waals surface area contributed by atoms with Gasteiger partial charge in [-0.05, 0) is 12.0 Å². The van der Waals surface area contributed by atoms with Crippen LogP contribution >= 0.6 is 0 Å². The van der Waals surface area contributed by atoms with Gasteiger partial charge in [0, 0.05) is 32.2 Å². The number of carboxylic acid groups (broad SMARTS) is 1. The van der Waals surface area contributed by atoms with Gasteiger partial charge in [0.25, 0.3) is 0 Å². The van der Waals surface area contributed by atoms with Crippen molar-refractivity contribution in [2.45, 2.75) is 19.1 Å².